The van der Waals surface area contributed by atoms with Crippen LogP contribution in [0.15, 0.2) is 48.5 Å². The molecule has 2 N–H and O–H groups in total. The first-order chi connectivity index (χ1) is 12.0. The van der Waals surface area contributed by atoms with Gasteiger partial charge in [-0.1, -0.05) is 55.0 Å². The zero-order valence-corrected chi connectivity index (χ0v) is 14.8. The molecule has 0 aliphatic heterocycles. The van der Waals surface area contributed by atoms with Crippen LogP contribution in [0.5, 0.6) is 0 Å². The number of anilines is 1. The predicted molar refractivity (Wildman–Crippen MR) is 103 cm³/mol. The molecule has 0 amide bonds. The standard InChI is InChI=1S/C22H21N3/c1-4-16-6-8-17(9-7-16)21-12-19(20(13-23)22(24)25-21)18-10-5-14(2)11-15(18)3/h5-12H,4H2,1-3H3,(H2,24,25). The van der Waals surface area contributed by atoms with Crippen LogP contribution in [0.2, 0.25) is 0 Å². The van der Waals surface area contributed by atoms with E-state index < -0.39 is 0 Å². The van der Waals surface area contributed by atoms with Gasteiger partial charge in [0.1, 0.15) is 17.5 Å². The fraction of sp³-hybridized carbons (Fsp3) is 0.182. The van der Waals surface area contributed by atoms with Gasteiger partial charge in [0.2, 0.25) is 0 Å². The SMILES string of the molecule is CCc1ccc(-c2cc(-c3ccc(C)cc3C)c(C#N)c(N)n2)cc1. The van der Waals surface area contributed by atoms with Crippen molar-refractivity contribution < 1.29 is 0 Å². The smallest absolute Gasteiger partial charge is 0.142 e. The Morgan fingerprint density at radius 1 is 1.00 bits per heavy atom. The van der Waals surface area contributed by atoms with Gasteiger partial charge < -0.3 is 5.73 Å². The third kappa shape index (κ3) is 3.25. The number of nitrogen functional groups attached to an aromatic ring is 1. The minimum atomic E-state index is 0.273. The van der Waals surface area contributed by atoms with Gasteiger partial charge in [-0.05, 0) is 43.0 Å². The van der Waals surface area contributed by atoms with Crippen molar-refractivity contribution in [2.75, 3.05) is 5.73 Å². The van der Waals surface area contributed by atoms with Crippen molar-refractivity contribution in [2.24, 2.45) is 0 Å². The molecule has 124 valence electrons. The maximum atomic E-state index is 9.57. The first kappa shape index (κ1) is 16.7. The average molecular weight is 327 g/mol. The molecule has 0 radical (unpaired) electrons. The Labute approximate surface area is 148 Å². The Kier molecular flexibility index (Phi) is 4.54. The number of hydrogen-bond acceptors (Lipinski definition) is 3. The van der Waals surface area contributed by atoms with Crippen LogP contribution in [0.4, 0.5) is 5.82 Å². The van der Waals surface area contributed by atoms with E-state index in [1.54, 1.807) is 0 Å². The Hall–Kier alpha value is -3.12. The van der Waals surface area contributed by atoms with E-state index in [0.717, 1.165) is 34.4 Å². The van der Waals surface area contributed by atoms with E-state index in [2.05, 4.69) is 68.2 Å². The summed E-state index contributed by atoms with van der Waals surface area (Å²) in [4.78, 5) is 4.46. The van der Waals surface area contributed by atoms with Crippen molar-refractivity contribution in [3.8, 4) is 28.5 Å². The number of hydrogen-bond donors (Lipinski definition) is 1. The number of nitriles is 1. The van der Waals surface area contributed by atoms with E-state index in [1.807, 2.05) is 12.1 Å². The summed E-state index contributed by atoms with van der Waals surface area (Å²) >= 11 is 0. The molecule has 0 aliphatic rings. The van der Waals surface area contributed by atoms with Gasteiger partial charge in [-0.2, -0.15) is 5.26 Å². The quantitative estimate of drug-likeness (QED) is 0.732. The summed E-state index contributed by atoms with van der Waals surface area (Å²) in [5, 5.41) is 9.57. The number of rotatable bonds is 3. The third-order valence-corrected chi connectivity index (χ3v) is 4.49. The van der Waals surface area contributed by atoms with Crippen LogP contribution in [-0.2, 0) is 6.42 Å². The molecule has 2 aromatic carbocycles. The molecule has 0 aliphatic carbocycles. The van der Waals surface area contributed by atoms with Gasteiger partial charge >= 0.3 is 0 Å². The maximum Gasteiger partial charge on any atom is 0.142 e. The second-order valence-corrected chi connectivity index (χ2v) is 6.30. The van der Waals surface area contributed by atoms with Crippen LogP contribution < -0.4 is 5.73 Å². The Balaban J connectivity index is 2.20. The molecule has 3 nitrogen and oxygen atoms in total. The summed E-state index contributed by atoms with van der Waals surface area (Å²) < 4.78 is 0. The molecule has 3 aromatic rings. The van der Waals surface area contributed by atoms with E-state index >= 15 is 0 Å². The Bertz CT molecular complexity index is 964. The molecule has 0 saturated carbocycles. The van der Waals surface area contributed by atoms with Crippen LogP contribution in [0, 0.1) is 25.2 Å². The first-order valence-corrected chi connectivity index (χ1v) is 8.41. The minimum Gasteiger partial charge on any atom is -0.383 e. The van der Waals surface area contributed by atoms with E-state index in [9.17, 15) is 5.26 Å². The molecule has 0 unspecified atom stereocenters. The zero-order chi connectivity index (χ0) is 18.0. The average Bonchev–Trinajstić information content (AvgIpc) is 2.61. The minimum absolute atomic E-state index is 0.273. The summed E-state index contributed by atoms with van der Waals surface area (Å²) in [6, 6.07) is 18.7. The largest absolute Gasteiger partial charge is 0.383 e. The van der Waals surface area contributed by atoms with E-state index in [4.69, 9.17) is 5.73 Å². The fourth-order valence-electron chi connectivity index (χ4n) is 3.07. The molecule has 0 fully saturated rings. The second-order valence-electron chi connectivity index (χ2n) is 6.30. The molecule has 0 saturated heterocycles. The highest BCUT2D eigenvalue weighted by Crippen LogP contribution is 2.33. The van der Waals surface area contributed by atoms with Gasteiger partial charge in [-0.25, -0.2) is 4.98 Å². The van der Waals surface area contributed by atoms with Gasteiger partial charge in [0, 0.05) is 11.1 Å². The van der Waals surface area contributed by atoms with Gasteiger partial charge in [-0.3, -0.25) is 0 Å². The highest BCUT2D eigenvalue weighted by molar-refractivity contribution is 5.81. The van der Waals surface area contributed by atoms with Crippen molar-refractivity contribution in [1.82, 2.24) is 4.98 Å². The summed E-state index contributed by atoms with van der Waals surface area (Å²) in [5.74, 6) is 0.273. The number of nitrogens with zero attached hydrogens (tertiary/aromatic N) is 2. The van der Waals surface area contributed by atoms with Crippen LogP contribution >= 0.6 is 0 Å². The lowest BCUT2D eigenvalue weighted by atomic mass is 9.94. The first-order valence-electron chi connectivity index (χ1n) is 8.41. The molecular weight excluding hydrogens is 306 g/mol. The lowest BCUT2D eigenvalue weighted by Gasteiger charge is -2.13. The molecule has 3 rings (SSSR count). The van der Waals surface area contributed by atoms with Crippen molar-refractivity contribution in [3.63, 3.8) is 0 Å². The van der Waals surface area contributed by atoms with Gasteiger partial charge in [0.15, 0.2) is 0 Å². The highest BCUT2D eigenvalue weighted by atomic mass is 14.8. The summed E-state index contributed by atoms with van der Waals surface area (Å²) in [6.07, 6.45) is 0.997. The third-order valence-electron chi connectivity index (χ3n) is 4.49. The number of benzene rings is 2. The summed E-state index contributed by atoms with van der Waals surface area (Å²) in [6.45, 7) is 6.24. The molecule has 0 spiro atoms. The Morgan fingerprint density at radius 2 is 1.72 bits per heavy atom. The van der Waals surface area contributed by atoms with Crippen molar-refractivity contribution in [1.29, 1.82) is 5.26 Å². The van der Waals surface area contributed by atoms with Crippen molar-refractivity contribution in [2.45, 2.75) is 27.2 Å². The monoisotopic (exact) mass is 327 g/mol. The zero-order valence-electron chi connectivity index (χ0n) is 14.8. The van der Waals surface area contributed by atoms with E-state index in [0.29, 0.717) is 5.56 Å². The molecule has 0 atom stereocenters. The van der Waals surface area contributed by atoms with Gasteiger partial charge in [0.25, 0.3) is 0 Å². The summed E-state index contributed by atoms with van der Waals surface area (Å²) in [5.41, 5.74) is 13.8. The van der Waals surface area contributed by atoms with Crippen molar-refractivity contribution >= 4 is 5.82 Å². The maximum absolute atomic E-state index is 9.57. The topological polar surface area (TPSA) is 62.7 Å². The van der Waals surface area contributed by atoms with Crippen LogP contribution in [-0.4, -0.2) is 4.98 Å². The number of aromatic nitrogens is 1. The molecule has 1 heterocycles. The molecule has 1 aromatic heterocycles. The number of aryl methyl sites for hydroxylation is 3. The van der Waals surface area contributed by atoms with Gasteiger partial charge in [-0.15, -0.1) is 0 Å². The number of nitrogens with two attached hydrogens (primary N) is 1. The molecular formula is C22H21N3. The molecule has 0 bridgehead atoms. The summed E-state index contributed by atoms with van der Waals surface area (Å²) in [7, 11) is 0. The fourth-order valence-corrected chi connectivity index (χ4v) is 3.07. The molecule has 25 heavy (non-hydrogen) atoms. The predicted octanol–water partition coefficient (Wildman–Crippen LogP) is 5.05. The highest BCUT2D eigenvalue weighted by Gasteiger charge is 2.15. The lowest BCUT2D eigenvalue weighted by Crippen LogP contribution is -2.00. The van der Waals surface area contributed by atoms with Crippen LogP contribution in [0.25, 0.3) is 22.4 Å². The van der Waals surface area contributed by atoms with Crippen LogP contribution in [0.3, 0.4) is 0 Å². The lowest BCUT2D eigenvalue weighted by molar-refractivity contribution is 1.14. The van der Waals surface area contributed by atoms with E-state index in [-0.39, 0.29) is 5.82 Å². The number of pyridine rings is 1. The molecule has 3 heteroatoms. The van der Waals surface area contributed by atoms with Gasteiger partial charge in [0.05, 0.1) is 5.69 Å². The van der Waals surface area contributed by atoms with E-state index in [1.165, 1.54) is 11.1 Å². The second kappa shape index (κ2) is 6.78. The van der Waals surface area contributed by atoms with Crippen molar-refractivity contribution in [3.05, 3.63) is 70.8 Å². The Morgan fingerprint density at radius 3 is 2.32 bits per heavy atom. The normalized spacial score (nSPS) is 10.5. The van der Waals surface area contributed by atoms with Crippen LogP contribution in [0.1, 0.15) is 29.2 Å².